The average Bonchev–Trinajstić information content (AvgIpc) is 2.04. The zero-order valence-electron chi connectivity index (χ0n) is 7.49. The number of rotatable bonds is 1. The molecule has 1 saturated heterocycles. The number of hydrogen-bond acceptors (Lipinski definition) is 4. The Labute approximate surface area is 90.4 Å². The summed E-state index contributed by atoms with van der Waals surface area (Å²) in [6, 6.07) is -0.0869. The first-order valence-corrected chi connectivity index (χ1v) is 3.80. The van der Waals surface area contributed by atoms with Crippen molar-refractivity contribution < 1.29 is 9.53 Å². The first-order chi connectivity index (χ1) is 5.25. The number of hydrogen-bond donors (Lipinski definition) is 2. The van der Waals surface area contributed by atoms with Gasteiger partial charge in [0.15, 0.2) is 0 Å². The van der Waals surface area contributed by atoms with Gasteiger partial charge in [0.25, 0.3) is 0 Å². The third kappa shape index (κ3) is 4.13. The summed E-state index contributed by atoms with van der Waals surface area (Å²) in [5, 5.41) is 3.11. The molecule has 1 rings (SSSR count). The monoisotopic (exact) mass is 230 g/mol. The second-order valence-electron chi connectivity index (χ2n) is 2.79. The Hall–Kier alpha value is -0.0300. The molecule has 13 heavy (non-hydrogen) atoms. The van der Waals surface area contributed by atoms with Gasteiger partial charge in [0.2, 0.25) is 0 Å². The molecule has 0 aromatic heterocycles. The van der Waals surface area contributed by atoms with Gasteiger partial charge in [-0.3, -0.25) is 4.79 Å². The van der Waals surface area contributed by atoms with Gasteiger partial charge in [0.05, 0.1) is 13.0 Å². The molecule has 0 saturated carbocycles. The van der Waals surface area contributed by atoms with Gasteiger partial charge in [-0.25, -0.2) is 0 Å². The van der Waals surface area contributed by atoms with Crippen molar-refractivity contribution in [1.82, 2.24) is 5.32 Å². The minimum atomic E-state index is -0.181. The molecule has 0 amide bonds. The number of methoxy groups -OCH3 is 1. The second kappa shape index (κ2) is 7.38. The molecular formula is C7H16Cl2N2O2. The number of nitrogens with two attached hydrogens (primary N) is 1. The Kier molecular flexibility index (Phi) is 8.77. The molecular weight excluding hydrogens is 215 g/mol. The molecule has 0 aromatic rings. The van der Waals surface area contributed by atoms with E-state index in [-0.39, 0.29) is 42.7 Å². The topological polar surface area (TPSA) is 64.3 Å². The van der Waals surface area contributed by atoms with Crippen LogP contribution in [-0.4, -0.2) is 32.2 Å². The molecule has 80 valence electrons. The van der Waals surface area contributed by atoms with Crippen LogP contribution in [0.1, 0.15) is 6.42 Å². The summed E-state index contributed by atoms with van der Waals surface area (Å²) in [5.41, 5.74) is 5.69. The van der Waals surface area contributed by atoms with E-state index >= 15 is 0 Å². The van der Waals surface area contributed by atoms with Gasteiger partial charge >= 0.3 is 5.97 Å². The molecule has 3 N–H and O–H groups in total. The lowest BCUT2D eigenvalue weighted by Crippen LogP contribution is -2.49. The largest absolute Gasteiger partial charge is 0.469 e. The summed E-state index contributed by atoms with van der Waals surface area (Å²) in [6.07, 6.45) is 0.786. The van der Waals surface area contributed by atoms with E-state index in [4.69, 9.17) is 5.73 Å². The van der Waals surface area contributed by atoms with Crippen LogP contribution in [0.3, 0.4) is 0 Å². The van der Waals surface area contributed by atoms with Gasteiger partial charge in [0, 0.05) is 12.6 Å². The molecule has 1 aliphatic rings. The molecule has 0 aliphatic carbocycles. The molecule has 4 nitrogen and oxygen atoms in total. The van der Waals surface area contributed by atoms with E-state index in [1.807, 2.05) is 0 Å². The SMILES string of the molecule is COC(=O)[C@@H]1CCNC[C@@H]1N.Cl.Cl. The lowest BCUT2D eigenvalue weighted by molar-refractivity contribution is -0.146. The number of nitrogens with one attached hydrogen (secondary N) is 1. The maximum absolute atomic E-state index is 11.0. The number of carbonyl (C=O) groups excluding carboxylic acids is 1. The zero-order valence-corrected chi connectivity index (χ0v) is 9.12. The summed E-state index contributed by atoms with van der Waals surface area (Å²) >= 11 is 0. The van der Waals surface area contributed by atoms with Crippen molar-refractivity contribution in [2.75, 3.05) is 20.2 Å². The van der Waals surface area contributed by atoms with E-state index < -0.39 is 0 Å². The van der Waals surface area contributed by atoms with Crippen LogP contribution in [0.2, 0.25) is 0 Å². The van der Waals surface area contributed by atoms with Crippen molar-refractivity contribution in [3.8, 4) is 0 Å². The highest BCUT2D eigenvalue weighted by atomic mass is 35.5. The van der Waals surface area contributed by atoms with Gasteiger partial charge in [-0.2, -0.15) is 0 Å². The fourth-order valence-electron chi connectivity index (χ4n) is 1.33. The Balaban J connectivity index is 0. The van der Waals surface area contributed by atoms with Crippen LogP contribution in [-0.2, 0) is 9.53 Å². The van der Waals surface area contributed by atoms with Crippen molar-refractivity contribution in [3.63, 3.8) is 0 Å². The minimum Gasteiger partial charge on any atom is -0.469 e. The molecule has 0 bridgehead atoms. The van der Waals surface area contributed by atoms with E-state index in [2.05, 4.69) is 10.1 Å². The molecule has 1 fully saturated rings. The maximum atomic E-state index is 11.0. The Morgan fingerprint density at radius 1 is 1.54 bits per heavy atom. The summed E-state index contributed by atoms with van der Waals surface area (Å²) in [6.45, 7) is 1.56. The number of ether oxygens (including phenoxy) is 1. The maximum Gasteiger partial charge on any atom is 0.310 e. The first kappa shape index (κ1) is 15.4. The lowest BCUT2D eigenvalue weighted by Gasteiger charge is -2.26. The summed E-state index contributed by atoms with van der Waals surface area (Å²) in [5.74, 6) is -0.291. The van der Waals surface area contributed by atoms with Crippen molar-refractivity contribution in [3.05, 3.63) is 0 Å². The molecule has 0 radical (unpaired) electrons. The van der Waals surface area contributed by atoms with Crippen LogP contribution in [0.15, 0.2) is 0 Å². The summed E-state index contributed by atoms with van der Waals surface area (Å²) < 4.78 is 4.61. The summed E-state index contributed by atoms with van der Waals surface area (Å²) in [7, 11) is 1.40. The molecule has 0 aromatic carbocycles. The van der Waals surface area contributed by atoms with Crippen LogP contribution < -0.4 is 11.1 Å². The Morgan fingerprint density at radius 3 is 2.62 bits per heavy atom. The van der Waals surface area contributed by atoms with Crippen LogP contribution in [0.25, 0.3) is 0 Å². The molecule has 0 spiro atoms. The third-order valence-corrected chi connectivity index (χ3v) is 2.03. The highest BCUT2D eigenvalue weighted by molar-refractivity contribution is 5.85. The highest BCUT2D eigenvalue weighted by Gasteiger charge is 2.28. The summed E-state index contributed by atoms with van der Waals surface area (Å²) in [4.78, 5) is 11.0. The molecule has 0 unspecified atom stereocenters. The molecule has 1 aliphatic heterocycles. The van der Waals surface area contributed by atoms with E-state index in [0.717, 1.165) is 13.0 Å². The molecule has 2 atom stereocenters. The lowest BCUT2D eigenvalue weighted by atomic mass is 9.94. The van der Waals surface area contributed by atoms with Crippen LogP contribution in [0.4, 0.5) is 0 Å². The molecule has 1 heterocycles. The highest BCUT2D eigenvalue weighted by Crippen LogP contribution is 2.11. The van der Waals surface area contributed by atoms with Gasteiger partial charge in [-0.05, 0) is 13.0 Å². The van der Waals surface area contributed by atoms with Crippen molar-refractivity contribution in [2.45, 2.75) is 12.5 Å². The smallest absolute Gasteiger partial charge is 0.310 e. The predicted octanol–water partition coefficient (Wildman–Crippen LogP) is -0.0602. The van der Waals surface area contributed by atoms with Crippen molar-refractivity contribution >= 4 is 30.8 Å². The number of carbonyl (C=O) groups is 1. The zero-order chi connectivity index (χ0) is 8.27. The van der Waals surface area contributed by atoms with E-state index in [1.165, 1.54) is 7.11 Å². The number of esters is 1. The normalized spacial score (nSPS) is 26.6. The van der Waals surface area contributed by atoms with E-state index in [0.29, 0.717) is 6.54 Å². The second-order valence-corrected chi connectivity index (χ2v) is 2.79. The predicted molar refractivity (Wildman–Crippen MR) is 55.5 cm³/mol. The van der Waals surface area contributed by atoms with Gasteiger partial charge < -0.3 is 15.8 Å². The van der Waals surface area contributed by atoms with Gasteiger partial charge in [-0.1, -0.05) is 0 Å². The number of piperidine rings is 1. The number of halogens is 2. The van der Waals surface area contributed by atoms with Crippen molar-refractivity contribution in [2.24, 2.45) is 11.7 Å². The fraction of sp³-hybridized carbons (Fsp3) is 0.857. The first-order valence-electron chi connectivity index (χ1n) is 3.80. The van der Waals surface area contributed by atoms with E-state index in [9.17, 15) is 4.79 Å². The fourth-order valence-corrected chi connectivity index (χ4v) is 1.33. The Morgan fingerprint density at radius 2 is 2.15 bits per heavy atom. The minimum absolute atomic E-state index is 0. The molecule has 6 heteroatoms. The average molecular weight is 231 g/mol. The Bertz CT molecular complexity index is 157. The van der Waals surface area contributed by atoms with Crippen LogP contribution >= 0.6 is 24.8 Å². The van der Waals surface area contributed by atoms with Crippen LogP contribution in [0.5, 0.6) is 0 Å². The van der Waals surface area contributed by atoms with Gasteiger partial charge in [-0.15, -0.1) is 24.8 Å². The quantitative estimate of drug-likeness (QED) is 0.620. The third-order valence-electron chi connectivity index (χ3n) is 2.03. The van der Waals surface area contributed by atoms with Crippen molar-refractivity contribution in [1.29, 1.82) is 0 Å². The standard InChI is InChI=1S/C7H14N2O2.2ClH/c1-11-7(10)5-2-3-9-4-6(5)8;;/h5-6,9H,2-4,8H2,1H3;2*1H/t5-,6+;;/m1../s1. The van der Waals surface area contributed by atoms with E-state index in [1.54, 1.807) is 0 Å². The van der Waals surface area contributed by atoms with Crippen LogP contribution in [0, 0.1) is 5.92 Å². The van der Waals surface area contributed by atoms with Gasteiger partial charge in [0.1, 0.15) is 0 Å².